The first-order valence-corrected chi connectivity index (χ1v) is 14.3. The summed E-state index contributed by atoms with van der Waals surface area (Å²) >= 11 is 0. The number of aliphatic imine (C=N–C) groups is 1. The smallest absolute Gasteiger partial charge is 0.326 e. The first-order chi connectivity index (χ1) is 21.5. The van der Waals surface area contributed by atoms with Crippen molar-refractivity contribution >= 4 is 29.7 Å². The van der Waals surface area contributed by atoms with E-state index in [4.69, 9.17) is 17.2 Å². The maximum absolute atomic E-state index is 13.6. The first kappa shape index (κ1) is 34.1. The highest BCUT2D eigenvalue weighted by molar-refractivity contribution is 5.94. The molecule has 15 heteroatoms. The highest BCUT2D eigenvalue weighted by atomic mass is 16.4. The summed E-state index contributed by atoms with van der Waals surface area (Å²) in [5.74, 6) is -3.35. The van der Waals surface area contributed by atoms with Crippen molar-refractivity contribution in [1.29, 1.82) is 0 Å². The number of rotatable bonds is 17. The molecule has 0 bridgehead atoms. The number of aromatic nitrogens is 2. The summed E-state index contributed by atoms with van der Waals surface area (Å²) in [6, 6.07) is 10.2. The van der Waals surface area contributed by atoms with Gasteiger partial charge in [-0.3, -0.25) is 19.4 Å². The van der Waals surface area contributed by atoms with Gasteiger partial charge in [-0.25, -0.2) is 9.78 Å². The van der Waals surface area contributed by atoms with Gasteiger partial charge in [0.2, 0.25) is 17.7 Å². The fraction of sp³-hybridized carbons (Fsp3) is 0.333. The predicted molar refractivity (Wildman–Crippen MR) is 166 cm³/mol. The third-order valence-electron chi connectivity index (χ3n) is 6.82. The van der Waals surface area contributed by atoms with Crippen molar-refractivity contribution in [1.82, 2.24) is 25.9 Å². The Hall–Kier alpha value is -5.44. The minimum Gasteiger partial charge on any atom is -0.508 e. The van der Waals surface area contributed by atoms with Crippen LogP contribution in [0.15, 0.2) is 72.1 Å². The van der Waals surface area contributed by atoms with E-state index in [0.29, 0.717) is 23.2 Å². The number of phenolic OH excluding ortho intramolecular Hbond substituents is 1. The topological polar surface area (TPSA) is 264 Å². The van der Waals surface area contributed by atoms with Gasteiger partial charge in [-0.05, 0) is 36.1 Å². The van der Waals surface area contributed by atoms with Gasteiger partial charge in [0.15, 0.2) is 5.96 Å². The number of guanidine groups is 1. The summed E-state index contributed by atoms with van der Waals surface area (Å²) in [6.07, 6.45) is 3.59. The van der Waals surface area contributed by atoms with Crippen LogP contribution >= 0.6 is 0 Å². The van der Waals surface area contributed by atoms with E-state index in [-0.39, 0.29) is 43.9 Å². The molecule has 4 atom stereocenters. The van der Waals surface area contributed by atoms with Gasteiger partial charge < -0.3 is 48.3 Å². The number of phenols is 1. The van der Waals surface area contributed by atoms with Crippen LogP contribution in [-0.4, -0.2) is 80.5 Å². The zero-order valence-corrected chi connectivity index (χ0v) is 24.6. The Bertz CT molecular complexity index is 1430. The third-order valence-corrected chi connectivity index (χ3v) is 6.82. The molecule has 4 unspecified atom stereocenters. The normalized spacial score (nSPS) is 13.4. The maximum Gasteiger partial charge on any atom is 0.326 e. The van der Waals surface area contributed by atoms with Crippen LogP contribution in [0.5, 0.6) is 5.75 Å². The molecule has 15 nitrogen and oxygen atoms in total. The molecule has 0 aliphatic rings. The summed E-state index contributed by atoms with van der Waals surface area (Å²) in [7, 11) is 0. The zero-order valence-electron chi connectivity index (χ0n) is 24.6. The standard InChI is InChI=1S/C30H39N9O6/c31-22(7-4-12-35-30(32)33)26(41)37-24(15-20-16-34-17-36-20)28(43)38-23(13-18-5-2-1-3-6-18)27(42)39-25(29(44)45)14-19-8-10-21(40)11-9-19/h1-3,5-6,8-11,16-17,22-25,40H,4,7,12-15,31H2,(H,34,36)(H,37,41)(H,38,43)(H,39,42)(H,44,45)(H4,32,33,35). The largest absolute Gasteiger partial charge is 0.508 e. The lowest BCUT2D eigenvalue weighted by Crippen LogP contribution is -2.58. The molecule has 0 saturated carbocycles. The Morgan fingerprint density at radius 2 is 1.40 bits per heavy atom. The molecular weight excluding hydrogens is 582 g/mol. The Kier molecular flexibility index (Phi) is 12.9. The zero-order chi connectivity index (χ0) is 32.8. The molecule has 0 spiro atoms. The van der Waals surface area contributed by atoms with Crippen molar-refractivity contribution in [2.45, 2.75) is 56.3 Å². The number of nitrogens with two attached hydrogens (primary N) is 3. The number of aromatic amines is 1. The molecule has 3 rings (SSSR count). The summed E-state index contributed by atoms with van der Waals surface area (Å²) in [4.78, 5) is 62.9. The second kappa shape index (κ2) is 17.0. The van der Waals surface area contributed by atoms with Gasteiger partial charge in [0.25, 0.3) is 0 Å². The molecule has 1 aromatic heterocycles. The average molecular weight is 622 g/mol. The lowest BCUT2D eigenvalue weighted by Gasteiger charge is -2.25. The molecule has 12 N–H and O–H groups in total. The van der Waals surface area contributed by atoms with Crippen LogP contribution in [-0.2, 0) is 38.4 Å². The Morgan fingerprint density at radius 1 is 0.822 bits per heavy atom. The quantitative estimate of drug-likeness (QED) is 0.0507. The molecule has 0 aliphatic heterocycles. The average Bonchev–Trinajstić information content (AvgIpc) is 3.52. The van der Waals surface area contributed by atoms with Crippen LogP contribution in [0, 0.1) is 0 Å². The minimum absolute atomic E-state index is 0.0105. The molecule has 0 aliphatic carbocycles. The lowest BCUT2D eigenvalue weighted by atomic mass is 10.0. The van der Waals surface area contributed by atoms with Gasteiger partial charge in [0.05, 0.1) is 12.4 Å². The van der Waals surface area contributed by atoms with Crippen molar-refractivity contribution < 1.29 is 29.4 Å². The fourth-order valence-electron chi connectivity index (χ4n) is 4.43. The number of carbonyl (C=O) groups excluding carboxylic acids is 3. The van der Waals surface area contributed by atoms with Crippen LogP contribution in [0.25, 0.3) is 0 Å². The number of imidazole rings is 1. The number of carbonyl (C=O) groups is 4. The molecule has 240 valence electrons. The van der Waals surface area contributed by atoms with Crippen LogP contribution in [0.2, 0.25) is 0 Å². The Morgan fingerprint density at radius 3 is 2.00 bits per heavy atom. The van der Waals surface area contributed by atoms with Crippen LogP contribution in [0.1, 0.15) is 29.7 Å². The number of aromatic hydroxyl groups is 1. The van der Waals surface area contributed by atoms with Gasteiger partial charge in [-0.1, -0.05) is 42.5 Å². The molecule has 45 heavy (non-hydrogen) atoms. The molecule has 2 aromatic carbocycles. The second-order valence-electron chi connectivity index (χ2n) is 10.4. The van der Waals surface area contributed by atoms with Crippen LogP contribution in [0.3, 0.4) is 0 Å². The Labute approximate surface area is 259 Å². The number of hydrogen-bond donors (Lipinski definition) is 9. The van der Waals surface area contributed by atoms with Crippen molar-refractivity contribution in [3.63, 3.8) is 0 Å². The van der Waals surface area contributed by atoms with Gasteiger partial charge in [-0.15, -0.1) is 0 Å². The van der Waals surface area contributed by atoms with E-state index in [0.717, 1.165) is 0 Å². The highest BCUT2D eigenvalue weighted by Crippen LogP contribution is 2.12. The first-order valence-electron chi connectivity index (χ1n) is 14.3. The van der Waals surface area contributed by atoms with E-state index < -0.39 is 47.9 Å². The van der Waals surface area contributed by atoms with E-state index in [1.54, 1.807) is 42.5 Å². The van der Waals surface area contributed by atoms with Gasteiger partial charge >= 0.3 is 5.97 Å². The molecule has 0 saturated heterocycles. The van der Waals surface area contributed by atoms with E-state index in [2.05, 4.69) is 30.9 Å². The van der Waals surface area contributed by atoms with Crippen molar-refractivity contribution in [2.75, 3.05) is 6.54 Å². The Balaban J connectivity index is 1.78. The van der Waals surface area contributed by atoms with E-state index in [1.165, 1.54) is 24.7 Å². The van der Waals surface area contributed by atoms with Gasteiger partial charge in [-0.2, -0.15) is 0 Å². The predicted octanol–water partition coefficient (Wildman–Crippen LogP) is -0.937. The summed E-state index contributed by atoms with van der Waals surface area (Å²) in [5, 5.41) is 27.2. The highest BCUT2D eigenvalue weighted by Gasteiger charge is 2.31. The number of carboxylic acids is 1. The van der Waals surface area contributed by atoms with Gasteiger partial charge in [0, 0.05) is 37.7 Å². The molecule has 3 aromatic rings. The molecule has 1 heterocycles. The number of hydrogen-bond acceptors (Lipinski definition) is 8. The minimum atomic E-state index is -1.32. The number of benzene rings is 2. The van der Waals surface area contributed by atoms with Crippen molar-refractivity contribution in [2.24, 2.45) is 22.2 Å². The van der Waals surface area contributed by atoms with Gasteiger partial charge in [0.1, 0.15) is 23.9 Å². The van der Waals surface area contributed by atoms with E-state index >= 15 is 0 Å². The van der Waals surface area contributed by atoms with Crippen molar-refractivity contribution in [3.8, 4) is 5.75 Å². The maximum atomic E-state index is 13.6. The van der Waals surface area contributed by atoms with Crippen LogP contribution in [0.4, 0.5) is 0 Å². The van der Waals surface area contributed by atoms with E-state index in [9.17, 15) is 29.4 Å². The number of nitrogens with zero attached hydrogens (tertiary/aromatic N) is 2. The molecule has 0 fully saturated rings. The van der Waals surface area contributed by atoms with Crippen molar-refractivity contribution in [3.05, 3.63) is 83.9 Å². The van der Waals surface area contributed by atoms with E-state index in [1.807, 2.05) is 0 Å². The molecule has 0 radical (unpaired) electrons. The number of nitrogens with one attached hydrogen (secondary N) is 4. The number of aliphatic carboxylic acids is 1. The summed E-state index contributed by atoms with van der Waals surface area (Å²) in [6.45, 7) is 0.279. The molecular formula is C30H39N9O6. The summed E-state index contributed by atoms with van der Waals surface area (Å²) < 4.78 is 0. The number of amides is 3. The number of H-pyrrole nitrogens is 1. The SMILES string of the molecule is NC(N)=NCCCC(N)C(=O)NC(Cc1cnc[nH]1)C(=O)NC(Cc1ccccc1)C(=O)NC(Cc1ccc(O)cc1)C(=O)O. The number of carboxylic acid groups (broad SMARTS) is 1. The molecule has 3 amide bonds. The fourth-order valence-corrected chi connectivity index (χ4v) is 4.43. The summed E-state index contributed by atoms with van der Waals surface area (Å²) in [5.41, 5.74) is 18.5. The second-order valence-corrected chi connectivity index (χ2v) is 10.4. The monoisotopic (exact) mass is 621 g/mol. The lowest BCUT2D eigenvalue weighted by molar-refractivity contribution is -0.142. The third kappa shape index (κ3) is 11.6. The van der Waals surface area contributed by atoms with Crippen LogP contribution < -0.4 is 33.2 Å².